The zero-order chi connectivity index (χ0) is 31.5. The molecule has 0 bridgehead atoms. The number of Topliss-reactive ketones (excluding diaryl/α,β-unsaturated/α-hetero) is 1. The quantitative estimate of drug-likeness (QED) is 0.270. The van der Waals surface area contributed by atoms with Crippen molar-refractivity contribution >= 4 is 11.7 Å². The van der Waals surface area contributed by atoms with Gasteiger partial charge in [0.25, 0.3) is 0 Å². The number of phenolic OH excluding ortho intramolecular Hbond substituents is 2. The third-order valence-corrected chi connectivity index (χ3v) is 11.9. The van der Waals surface area contributed by atoms with Crippen LogP contribution < -0.4 is 5.32 Å². The zero-order valence-electron chi connectivity index (χ0n) is 26.7. The summed E-state index contributed by atoms with van der Waals surface area (Å²) in [6.07, 6.45) is 8.03. The SMILES string of the molecule is CC1=C[C@@H]2CC[C@@H](C)[C@H](C)[C@@H]2[C@@H](C(=O)C2=C(O)CC(=O)N2)[C@@H]1C[C@H]1CC[C@@H](C)[C@@]2(CC[C@@H](C)[C@H](c3cc(O)cc(O)c3)O2)O1. The molecule has 3 aliphatic heterocycles. The number of amides is 1. The number of aliphatic hydroxyl groups is 1. The van der Waals surface area contributed by atoms with Crippen molar-refractivity contribution in [3.63, 3.8) is 0 Å². The van der Waals surface area contributed by atoms with Crippen molar-refractivity contribution < 1.29 is 34.4 Å². The minimum atomic E-state index is -0.803. The number of carbonyl (C=O) groups excluding carboxylic acids is 2. The van der Waals surface area contributed by atoms with E-state index in [0.29, 0.717) is 24.2 Å². The molecule has 5 aliphatic rings. The predicted octanol–water partition coefficient (Wildman–Crippen LogP) is 6.84. The van der Waals surface area contributed by atoms with Crippen LogP contribution in [0.3, 0.4) is 0 Å². The molecule has 240 valence electrons. The van der Waals surface area contributed by atoms with E-state index in [1.54, 1.807) is 12.1 Å². The Morgan fingerprint density at radius 1 is 0.955 bits per heavy atom. The minimum Gasteiger partial charge on any atom is -0.509 e. The summed E-state index contributed by atoms with van der Waals surface area (Å²) in [7, 11) is 0. The van der Waals surface area contributed by atoms with Crippen molar-refractivity contribution in [3.05, 3.63) is 46.9 Å². The largest absolute Gasteiger partial charge is 0.509 e. The summed E-state index contributed by atoms with van der Waals surface area (Å²) < 4.78 is 13.9. The molecule has 1 aromatic carbocycles. The first-order valence-electron chi connectivity index (χ1n) is 16.7. The highest BCUT2D eigenvalue weighted by Gasteiger charge is 2.53. The summed E-state index contributed by atoms with van der Waals surface area (Å²) in [5.41, 5.74) is 2.01. The molecule has 8 heteroatoms. The molecular weight excluding hydrogens is 558 g/mol. The van der Waals surface area contributed by atoms with Crippen LogP contribution in [0.4, 0.5) is 0 Å². The monoisotopic (exact) mass is 607 g/mol. The Morgan fingerprint density at radius 3 is 2.36 bits per heavy atom. The van der Waals surface area contributed by atoms with E-state index in [1.807, 2.05) is 0 Å². The third-order valence-electron chi connectivity index (χ3n) is 11.9. The van der Waals surface area contributed by atoms with E-state index in [-0.39, 0.29) is 82.9 Å². The minimum absolute atomic E-state index is 0.00495. The lowest BCUT2D eigenvalue weighted by atomic mass is 9.55. The molecular formula is C36H49NO7. The van der Waals surface area contributed by atoms with Crippen molar-refractivity contribution in [2.24, 2.45) is 47.3 Å². The summed E-state index contributed by atoms with van der Waals surface area (Å²) in [4.78, 5) is 26.5. The van der Waals surface area contributed by atoms with Gasteiger partial charge in [-0.05, 0) is 98.7 Å². The first-order chi connectivity index (χ1) is 20.9. The number of fused-ring (bicyclic) bond motifs is 1. The van der Waals surface area contributed by atoms with E-state index in [0.717, 1.165) is 44.1 Å². The molecule has 0 aromatic heterocycles. The molecule has 3 fully saturated rings. The third kappa shape index (κ3) is 5.57. The molecule has 3 heterocycles. The molecule has 1 spiro atoms. The van der Waals surface area contributed by atoms with Gasteiger partial charge in [-0.3, -0.25) is 9.59 Å². The molecule has 11 atom stereocenters. The number of benzene rings is 1. The van der Waals surface area contributed by atoms with E-state index in [2.05, 4.69) is 46.0 Å². The topological polar surface area (TPSA) is 125 Å². The van der Waals surface area contributed by atoms with Crippen LogP contribution in [0.1, 0.15) is 97.7 Å². The molecule has 0 unspecified atom stereocenters. The normalized spacial score (nSPS) is 40.8. The fraction of sp³-hybridized carbons (Fsp3) is 0.667. The lowest BCUT2D eigenvalue weighted by molar-refractivity contribution is -0.348. The van der Waals surface area contributed by atoms with Crippen LogP contribution >= 0.6 is 0 Å². The highest BCUT2D eigenvalue weighted by molar-refractivity contribution is 6.04. The Bertz CT molecular complexity index is 1350. The van der Waals surface area contributed by atoms with E-state index in [4.69, 9.17) is 9.47 Å². The summed E-state index contributed by atoms with van der Waals surface area (Å²) >= 11 is 0. The van der Waals surface area contributed by atoms with Crippen LogP contribution in [0.25, 0.3) is 0 Å². The predicted molar refractivity (Wildman–Crippen MR) is 165 cm³/mol. The fourth-order valence-electron chi connectivity index (χ4n) is 9.20. The number of phenols is 2. The first-order valence-corrected chi connectivity index (χ1v) is 16.7. The van der Waals surface area contributed by atoms with Crippen LogP contribution in [0.15, 0.2) is 41.3 Å². The van der Waals surface area contributed by atoms with Crippen LogP contribution in [-0.4, -0.2) is 38.9 Å². The van der Waals surface area contributed by atoms with Gasteiger partial charge in [0.05, 0.1) is 18.6 Å². The second kappa shape index (κ2) is 11.8. The van der Waals surface area contributed by atoms with E-state index in [9.17, 15) is 24.9 Å². The van der Waals surface area contributed by atoms with Crippen molar-refractivity contribution in [1.82, 2.24) is 5.32 Å². The summed E-state index contributed by atoms with van der Waals surface area (Å²) in [6, 6.07) is 4.64. The Hall–Kier alpha value is -2.84. The van der Waals surface area contributed by atoms with Crippen molar-refractivity contribution in [2.45, 2.75) is 104 Å². The second-order valence-corrected chi connectivity index (χ2v) is 14.7. The standard InChI is InChI=1S/C36H49NO7/c1-18-6-8-23-12-20(3)28(32(31(23)22(18)5)34(42)33-29(40)17-30(41)37-33)16-27-9-7-21(4)36(43-27)11-10-19(2)35(44-36)24-13-25(38)15-26(39)14-24/h12-15,18-19,21-23,27-28,31-32,35,38-40H,6-11,16-17H2,1-5H3,(H,37,41)/t18-,19-,21-,22+,23+,27-,28-,31+,32+,35-,36+/m1/s1. The summed E-state index contributed by atoms with van der Waals surface area (Å²) in [6.45, 7) is 11.0. The molecule has 8 nitrogen and oxygen atoms in total. The molecule has 4 N–H and O–H groups in total. The Balaban J connectivity index is 1.29. The van der Waals surface area contributed by atoms with Crippen molar-refractivity contribution in [1.29, 1.82) is 0 Å². The van der Waals surface area contributed by atoms with E-state index >= 15 is 0 Å². The van der Waals surface area contributed by atoms with Gasteiger partial charge in [0.15, 0.2) is 11.6 Å². The van der Waals surface area contributed by atoms with Gasteiger partial charge in [0.2, 0.25) is 5.91 Å². The number of ketones is 1. The Morgan fingerprint density at radius 2 is 1.68 bits per heavy atom. The van der Waals surface area contributed by atoms with Crippen LogP contribution in [0.2, 0.25) is 0 Å². The van der Waals surface area contributed by atoms with Gasteiger partial charge in [-0.2, -0.15) is 0 Å². The maximum Gasteiger partial charge on any atom is 0.232 e. The Labute approximate surface area is 260 Å². The van der Waals surface area contributed by atoms with Gasteiger partial charge < -0.3 is 30.1 Å². The average molecular weight is 608 g/mol. The van der Waals surface area contributed by atoms with Gasteiger partial charge in [-0.15, -0.1) is 0 Å². The van der Waals surface area contributed by atoms with Gasteiger partial charge in [0.1, 0.15) is 23.0 Å². The lowest BCUT2D eigenvalue weighted by Gasteiger charge is -2.53. The molecule has 1 amide bonds. The van der Waals surface area contributed by atoms with Gasteiger partial charge in [-0.1, -0.05) is 39.3 Å². The molecule has 1 aromatic rings. The van der Waals surface area contributed by atoms with E-state index in [1.165, 1.54) is 11.6 Å². The van der Waals surface area contributed by atoms with Crippen molar-refractivity contribution in [3.8, 4) is 11.5 Å². The number of carbonyl (C=O) groups is 2. The highest BCUT2D eigenvalue weighted by Crippen LogP contribution is 2.54. The maximum absolute atomic E-state index is 14.3. The fourth-order valence-corrected chi connectivity index (χ4v) is 9.20. The molecule has 2 saturated heterocycles. The molecule has 2 aliphatic carbocycles. The molecule has 1 saturated carbocycles. The number of ether oxygens (including phenoxy) is 2. The summed E-state index contributed by atoms with van der Waals surface area (Å²) in [5.74, 6) is -0.277. The van der Waals surface area contributed by atoms with Gasteiger partial charge >= 0.3 is 0 Å². The second-order valence-electron chi connectivity index (χ2n) is 14.7. The molecule has 44 heavy (non-hydrogen) atoms. The number of aromatic hydroxyl groups is 2. The van der Waals surface area contributed by atoms with E-state index < -0.39 is 5.79 Å². The van der Waals surface area contributed by atoms with Crippen LogP contribution in [-0.2, 0) is 19.1 Å². The molecule has 6 rings (SSSR count). The number of hydrogen-bond acceptors (Lipinski definition) is 7. The first kappa shape index (κ1) is 31.2. The summed E-state index contributed by atoms with van der Waals surface area (Å²) in [5, 5.41) is 33.7. The van der Waals surface area contributed by atoms with Crippen LogP contribution in [0, 0.1) is 47.3 Å². The van der Waals surface area contributed by atoms with Gasteiger partial charge in [0, 0.05) is 24.3 Å². The number of rotatable bonds is 5. The lowest BCUT2D eigenvalue weighted by Crippen LogP contribution is -2.53. The number of aliphatic hydroxyl groups excluding tert-OH is 1. The number of hydrogen-bond donors (Lipinski definition) is 4. The van der Waals surface area contributed by atoms with Crippen molar-refractivity contribution in [2.75, 3.05) is 0 Å². The molecule has 0 radical (unpaired) electrons. The average Bonchev–Trinajstić information content (AvgIpc) is 3.31. The van der Waals surface area contributed by atoms with Gasteiger partial charge in [-0.25, -0.2) is 0 Å². The maximum atomic E-state index is 14.3. The smallest absolute Gasteiger partial charge is 0.232 e. The Kier molecular flexibility index (Phi) is 8.37. The number of allylic oxidation sites excluding steroid dienone is 3. The van der Waals surface area contributed by atoms with Crippen LogP contribution in [0.5, 0.6) is 11.5 Å². The zero-order valence-corrected chi connectivity index (χ0v) is 26.7. The number of nitrogens with one attached hydrogen (secondary N) is 1. The highest BCUT2D eigenvalue weighted by atomic mass is 16.7.